The van der Waals surface area contributed by atoms with Crippen molar-refractivity contribution in [3.63, 3.8) is 0 Å². The van der Waals surface area contributed by atoms with Crippen LogP contribution in [0.15, 0.2) is 30.3 Å². The van der Waals surface area contributed by atoms with E-state index in [1.54, 1.807) is 0 Å². The molecule has 6 atom stereocenters. The third-order valence-electron chi connectivity index (χ3n) is 9.75. The molecule has 1 saturated carbocycles. The van der Waals surface area contributed by atoms with Gasteiger partial charge in [-0.25, -0.2) is 0 Å². The Labute approximate surface area is 233 Å². The van der Waals surface area contributed by atoms with Gasteiger partial charge in [0.05, 0.1) is 24.2 Å². The van der Waals surface area contributed by atoms with Gasteiger partial charge in [0.15, 0.2) is 22.4 Å². The van der Waals surface area contributed by atoms with Crippen molar-refractivity contribution in [3.05, 3.63) is 35.9 Å². The van der Waals surface area contributed by atoms with Crippen LogP contribution < -0.4 is 0 Å². The van der Waals surface area contributed by atoms with Crippen molar-refractivity contribution in [2.75, 3.05) is 0 Å². The maximum atomic E-state index is 14.3. The van der Waals surface area contributed by atoms with E-state index in [1.807, 2.05) is 32.0 Å². The van der Waals surface area contributed by atoms with Crippen LogP contribution in [-0.4, -0.2) is 63.7 Å². The number of nitrogens with zero attached hydrogens (tertiary/aromatic N) is 1. The summed E-state index contributed by atoms with van der Waals surface area (Å²) in [5.74, 6) is -0.905. The number of rotatable bonds is 6. The zero-order valence-corrected chi connectivity index (χ0v) is 27.8. The van der Waals surface area contributed by atoms with Gasteiger partial charge in [-0.2, -0.15) is 0 Å². The summed E-state index contributed by atoms with van der Waals surface area (Å²) in [7, 11) is -4.43. The van der Waals surface area contributed by atoms with Gasteiger partial charge in [0.1, 0.15) is 12.2 Å². The molecule has 2 aliphatic heterocycles. The third kappa shape index (κ3) is 5.59. The topological polar surface area (TPSA) is 57.2 Å². The molecule has 1 aromatic carbocycles. The van der Waals surface area contributed by atoms with E-state index in [-0.39, 0.29) is 52.4 Å². The molecule has 214 valence electrons. The van der Waals surface area contributed by atoms with E-state index in [2.05, 4.69) is 84.8 Å². The first kappa shape index (κ1) is 29.9. The quantitative estimate of drug-likeness (QED) is 0.361. The molecule has 1 aliphatic carbocycles. The highest BCUT2D eigenvalue weighted by molar-refractivity contribution is 6.74. The number of amides is 1. The minimum atomic E-state index is -2.22. The molecule has 1 amide bonds. The highest BCUT2D eigenvalue weighted by Crippen LogP contribution is 2.50. The lowest BCUT2D eigenvalue weighted by molar-refractivity contribution is -0.164. The van der Waals surface area contributed by atoms with E-state index in [0.717, 1.165) is 5.56 Å². The van der Waals surface area contributed by atoms with Gasteiger partial charge in [-0.3, -0.25) is 4.79 Å². The van der Waals surface area contributed by atoms with Gasteiger partial charge in [-0.1, -0.05) is 71.9 Å². The Morgan fingerprint density at radius 2 is 1.34 bits per heavy atom. The second-order valence-electron chi connectivity index (χ2n) is 15.1. The Hall–Kier alpha value is -1.04. The van der Waals surface area contributed by atoms with Crippen molar-refractivity contribution in [2.24, 2.45) is 5.92 Å². The summed E-state index contributed by atoms with van der Waals surface area (Å²) in [5, 5.41) is 0.0265. The van der Waals surface area contributed by atoms with E-state index in [1.165, 1.54) is 0 Å². The number of fused-ring (bicyclic) bond motifs is 3. The summed E-state index contributed by atoms with van der Waals surface area (Å²) >= 11 is 0. The minimum absolute atomic E-state index is 0.00556. The number of likely N-dealkylation sites (tertiary alicyclic amines) is 1. The Bertz CT molecular complexity index is 1010. The molecule has 2 heterocycles. The molecular weight excluding hydrogens is 511 g/mol. The third-order valence-corrected chi connectivity index (χ3v) is 18.7. The van der Waals surface area contributed by atoms with E-state index >= 15 is 0 Å². The van der Waals surface area contributed by atoms with Gasteiger partial charge in [-0.05, 0) is 62.1 Å². The average Bonchev–Trinajstić information content (AvgIpc) is 3.22. The second-order valence-corrected chi connectivity index (χ2v) is 24.6. The van der Waals surface area contributed by atoms with E-state index in [9.17, 15) is 4.79 Å². The highest BCUT2D eigenvalue weighted by Gasteiger charge is 2.63. The molecule has 2 bridgehead atoms. The van der Waals surface area contributed by atoms with Crippen molar-refractivity contribution < 1.29 is 23.1 Å². The highest BCUT2D eigenvalue weighted by atomic mass is 28.4. The maximum Gasteiger partial charge on any atom is 0.229 e. The molecular formula is C30H51NO5Si2. The largest absolute Gasteiger partial charge is 0.410 e. The lowest BCUT2D eigenvalue weighted by Crippen LogP contribution is -2.60. The molecule has 0 spiro atoms. The summed E-state index contributed by atoms with van der Waals surface area (Å²) in [6, 6.07) is 10.2. The van der Waals surface area contributed by atoms with Crippen molar-refractivity contribution in [1.29, 1.82) is 0 Å². The van der Waals surface area contributed by atoms with Crippen LogP contribution in [0.4, 0.5) is 0 Å². The zero-order valence-electron chi connectivity index (χ0n) is 25.8. The smallest absolute Gasteiger partial charge is 0.229 e. The first-order chi connectivity index (χ1) is 17.2. The molecule has 3 fully saturated rings. The molecule has 4 rings (SSSR count). The van der Waals surface area contributed by atoms with Gasteiger partial charge in [0.25, 0.3) is 0 Å². The van der Waals surface area contributed by atoms with Crippen LogP contribution in [0.5, 0.6) is 0 Å². The molecule has 8 heteroatoms. The Morgan fingerprint density at radius 3 is 1.84 bits per heavy atom. The number of hydrogen-bond donors (Lipinski definition) is 0. The van der Waals surface area contributed by atoms with Crippen molar-refractivity contribution >= 4 is 22.5 Å². The fourth-order valence-electron chi connectivity index (χ4n) is 5.53. The van der Waals surface area contributed by atoms with Gasteiger partial charge in [0, 0.05) is 6.54 Å². The minimum Gasteiger partial charge on any atom is -0.410 e. The van der Waals surface area contributed by atoms with Gasteiger partial charge >= 0.3 is 0 Å². The Kier molecular flexibility index (Phi) is 7.72. The van der Waals surface area contributed by atoms with Crippen LogP contribution in [0.25, 0.3) is 0 Å². The molecule has 0 aromatic heterocycles. The van der Waals surface area contributed by atoms with Crippen LogP contribution in [0.1, 0.15) is 67.4 Å². The molecule has 6 nitrogen and oxygen atoms in total. The number of carbonyl (C=O) groups is 1. The normalized spacial score (nSPS) is 31.9. The van der Waals surface area contributed by atoms with Crippen LogP contribution >= 0.6 is 0 Å². The summed E-state index contributed by atoms with van der Waals surface area (Å²) in [5.41, 5.74) is 1.13. The van der Waals surface area contributed by atoms with Crippen LogP contribution in [-0.2, 0) is 29.7 Å². The van der Waals surface area contributed by atoms with Crippen LogP contribution in [0.2, 0.25) is 36.3 Å². The number of benzene rings is 1. The molecule has 0 unspecified atom stereocenters. The fourth-order valence-corrected chi connectivity index (χ4v) is 8.19. The Morgan fingerprint density at radius 1 is 0.868 bits per heavy atom. The molecule has 1 aromatic rings. The molecule has 38 heavy (non-hydrogen) atoms. The summed E-state index contributed by atoms with van der Waals surface area (Å²) in [6.45, 7) is 27.1. The van der Waals surface area contributed by atoms with Crippen molar-refractivity contribution in [1.82, 2.24) is 4.90 Å². The second kappa shape index (κ2) is 9.80. The van der Waals surface area contributed by atoms with Crippen LogP contribution in [0, 0.1) is 5.92 Å². The van der Waals surface area contributed by atoms with Crippen molar-refractivity contribution in [2.45, 2.75) is 141 Å². The Balaban J connectivity index is 1.81. The molecule has 2 saturated heterocycles. The monoisotopic (exact) mass is 561 g/mol. The lowest BCUT2D eigenvalue weighted by atomic mass is 9.95. The van der Waals surface area contributed by atoms with E-state index < -0.39 is 22.4 Å². The SMILES string of the molecule is CC1(C)O[C@@H]2[C@@H](O1)[C@H](O[Si](C)(C)C(C)(C)C)[C@@H]1C[C@H]([C@@H]2O[Si](C)(C)C(C)(C)C)N(Cc2ccccc2)C1=O. The number of hydrogen-bond acceptors (Lipinski definition) is 5. The first-order valence-electron chi connectivity index (χ1n) is 14.3. The summed E-state index contributed by atoms with van der Waals surface area (Å²) in [4.78, 5) is 16.3. The summed E-state index contributed by atoms with van der Waals surface area (Å²) < 4.78 is 27.7. The van der Waals surface area contributed by atoms with Gasteiger partial charge < -0.3 is 23.2 Å². The lowest BCUT2D eigenvalue weighted by Gasteiger charge is -2.46. The molecule has 0 radical (unpaired) electrons. The average molecular weight is 562 g/mol. The number of ether oxygens (including phenoxy) is 2. The maximum absolute atomic E-state index is 14.3. The summed E-state index contributed by atoms with van der Waals surface area (Å²) in [6.07, 6.45) is -0.619. The molecule has 0 N–H and O–H groups in total. The van der Waals surface area contributed by atoms with E-state index in [4.69, 9.17) is 18.3 Å². The van der Waals surface area contributed by atoms with Gasteiger partial charge in [-0.15, -0.1) is 0 Å². The molecule has 3 aliphatic rings. The predicted molar refractivity (Wildman–Crippen MR) is 157 cm³/mol. The van der Waals surface area contributed by atoms with E-state index in [0.29, 0.717) is 13.0 Å². The van der Waals surface area contributed by atoms with Crippen molar-refractivity contribution in [3.8, 4) is 0 Å². The standard InChI is InChI=1S/C30H51NO5Si2/c1-28(2,3)37(9,10)35-23-21-18-22(31(27(21)32)19-20-16-14-13-15-17-20)24(36-38(11,12)29(4,5)6)26-25(23)33-30(7,8)34-26/h13-17,21-26H,18-19H2,1-12H3/t21-,22+,23+,24-,25-,26-/m0/s1. The number of carbonyl (C=O) groups excluding carboxylic acids is 1. The first-order valence-corrected chi connectivity index (χ1v) is 20.1. The zero-order chi connectivity index (χ0) is 28.5. The fraction of sp³-hybridized carbons (Fsp3) is 0.767. The van der Waals surface area contributed by atoms with Crippen LogP contribution in [0.3, 0.4) is 0 Å². The predicted octanol–water partition coefficient (Wildman–Crippen LogP) is 6.72. The van der Waals surface area contributed by atoms with Gasteiger partial charge in [0.2, 0.25) is 5.91 Å².